The van der Waals surface area contributed by atoms with E-state index in [1.165, 1.54) is 37.0 Å². The summed E-state index contributed by atoms with van der Waals surface area (Å²) in [6.45, 7) is 0.755. The Labute approximate surface area is 118 Å². The molecule has 2 aliphatic rings. The molecule has 1 aromatic heterocycles. The summed E-state index contributed by atoms with van der Waals surface area (Å²) in [5, 5.41) is 5.26. The average Bonchev–Trinajstić information content (AvgIpc) is 2.96. The quantitative estimate of drug-likeness (QED) is 0.889. The molecule has 4 heteroatoms. The first-order chi connectivity index (χ1) is 9.15. The van der Waals surface area contributed by atoms with Gasteiger partial charge < -0.3 is 11.1 Å². The zero-order valence-corrected chi connectivity index (χ0v) is 12.1. The minimum Gasteiger partial charge on any atom is -0.354 e. The first-order valence-corrected chi connectivity index (χ1v) is 8.14. The largest absolute Gasteiger partial charge is 0.354 e. The number of hydrogen-bond acceptors (Lipinski definition) is 3. The molecular weight excluding hydrogens is 256 g/mol. The molecule has 2 aliphatic carbocycles. The van der Waals surface area contributed by atoms with Crippen molar-refractivity contribution < 1.29 is 4.79 Å². The summed E-state index contributed by atoms with van der Waals surface area (Å²) < 4.78 is 0. The van der Waals surface area contributed by atoms with Crippen molar-refractivity contribution in [1.29, 1.82) is 0 Å². The molecule has 3 rings (SSSR count). The molecule has 0 atom stereocenters. The number of hydrogen-bond donors (Lipinski definition) is 2. The van der Waals surface area contributed by atoms with E-state index in [9.17, 15) is 4.79 Å². The lowest BCUT2D eigenvalue weighted by Gasteiger charge is -2.37. The van der Waals surface area contributed by atoms with Gasteiger partial charge in [0, 0.05) is 16.8 Å². The van der Waals surface area contributed by atoms with Crippen molar-refractivity contribution in [3.05, 3.63) is 22.4 Å². The van der Waals surface area contributed by atoms with Crippen LogP contribution in [0.3, 0.4) is 0 Å². The maximum atomic E-state index is 12.0. The molecule has 19 heavy (non-hydrogen) atoms. The van der Waals surface area contributed by atoms with E-state index in [1.54, 1.807) is 0 Å². The molecule has 1 aromatic rings. The summed E-state index contributed by atoms with van der Waals surface area (Å²) in [7, 11) is 0. The fraction of sp³-hybridized carbons (Fsp3) is 0.667. The van der Waals surface area contributed by atoms with Gasteiger partial charge in [-0.1, -0.05) is 25.3 Å². The van der Waals surface area contributed by atoms with Crippen molar-refractivity contribution in [2.24, 2.45) is 5.73 Å². The number of amides is 1. The van der Waals surface area contributed by atoms with Gasteiger partial charge in [-0.25, -0.2) is 0 Å². The van der Waals surface area contributed by atoms with Gasteiger partial charge in [0.15, 0.2) is 0 Å². The lowest BCUT2D eigenvalue weighted by atomic mass is 9.73. The van der Waals surface area contributed by atoms with Gasteiger partial charge in [0.25, 0.3) is 0 Å². The van der Waals surface area contributed by atoms with Crippen LogP contribution in [0.25, 0.3) is 0 Å². The smallest absolute Gasteiger partial charge is 0.240 e. The predicted molar refractivity (Wildman–Crippen MR) is 78.2 cm³/mol. The number of thiophene rings is 1. The van der Waals surface area contributed by atoms with E-state index in [0.717, 1.165) is 19.4 Å². The van der Waals surface area contributed by atoms with Gasteiger partial charge in [-0.2, -0.15) is 0 Å². The highest BCUT2D eigenvalue weighted by Crippen LogP contribution is 2.41. The van der Waals surface area contributed by atoms with Crippen molar-refractivity contribution >= 4 is 17.2 Å². The zero-order chi connectivity index (χ0) is 13.3. The Hall–Kier alpha value is -0.870. The van der Waals surface area contributed by atoms with Crippen molar-refractivity contribution in [2.45, 2.75) is 55.9 Å². The zero-order valence-electron chi connectivity index (χ0n) is 11.3. The first-order valence-electron chi connectivity index (χ1n) is 7.26. The molecule has 2 fully saturated rings. The maximum absolute atomic E-state index is 12.0. The van der Waals surface area contributed by atoms with Crippen LogP contribution >= 0.6 is 11.3 Å². The minimum absolute atomic E-state index is 0.0500. The number of carbonyl (C=O) groups excluding carboxylic acids is 1. The second kappa shape index (κ2) is 4.91. The second-order valence-corrected chi connectivity index (χ2v) is 7.10. The lowest BCUT2D eigenvalue weighted by molar-refractivity contribution is -0.123. The first kappa shape index (κ1) is 13.1. The van der Waals surface area contributed by atoms with Gasteiger partial charge in [-0.15, -0.1) is 11.3 Å². The van der Waals surface area contributed by atoms with Gasteiger partial charge in [0.2, 0.25) is 5.91 Å². The molecule has 0 aromatic carbocycles. The van der Waals surface area contributed by atoms with E-state index in [4.69, 9.17) is 5.73 Å². The Morgan fingerprint density at radius 1 is 1.26 bits per heavy atom. The molecule has 2 saturated carbocycles. The Kier molecular flexibility index (Phi) is 3.39. The number of carbonyl (C=O) groups is 1. The molecule has 0 unspecified atom stereocenters. The van der Waals surface area contributed by atoms with Crippen LogP contribution in [-0.4, -0.2) is 18.0 Å². The van der Waals surface area contributed by atoms with Crippen LogP contribution in [-0.2, 0) is 10.2 Å². The highest BCUT2D eigenvalue weighted by Gasteiger charge is 2.46. The van der Waals surface area contributed by atoms with Gasteiger partial charge in [-0.05, 0) is 37.1 Å². The Balaban J connectivity index is 1.71. The Morgan fingerprint density at radius 3 is 2.58 bits per heavy atom. The molecular formula is C15H22N2OS. The molecule has 3 nitrogen and oxygen atoms in total. The van der Waals surface area contributed by atoms with Crippen LogP contribution in [0.4, 0.5) is 0 Å². The fourth-order valence-electron chi connectivity index (χ4n) is 3.11. The van der Waals surface area contributed by atoms with Crippen molar-refractivity contribution in [3.8, 4) is 0 Å². The highest BCUT2D eigenvalue weighted by molar-refractivity contribution is 7.10. The number of nitrogens with two attached hydrogens (primary N) is 1. The van der Waals surface area contributed by atoms with E-state index in [2.05, 4.69) is 22.8 Å². The summed E-state index contributed by atoms with van der Waals surface area (Å²) in [6.07, 6.45) is 7.90. The van der Waals surface area contributed by atoms with E-state index in [-0.39, 0.29) is 11.3 Å². The summed E-state index contributed by atoms with van der Waals surface area (Å²) in [6, 6.07) is 4.33. The van der Waals surface area contributed by atoms with Gasteiger partial charge in [0.05, 0.1) is 5.54 Å². The van der Waals surface area contributed by atoms with Crippen LogP contribution in [0.15, 0.2) is 17.5 Å². The minimum atomic E-state index is -0.550. The average molecular weight is 278 g/mol. The van der Waals surface area contributed by atoms with Crippen LogP contribution in [0.1, 0.15) is 49.8 Å². The molecule has 104 valence electrons. The molecule has 3 N–H and O–H groups in total. The molecule has 0 saturated heterocycles. The molecule has 0 spiro atoms. The van der Waals surface area contributed by atoms with Crippen molar-refractivity contribution in [3.63, 3.8) is 0 Å². The molecule has 0 radical (unpaired) electrons. The number of nitrogens with one attached hydrogen (secondary N) is 1. The van der Waals surface area contributed by atoms with E-state index in [1.807, 2.05) is 11.3 Å². The predicted octanol–water partition coefficient (Wildman–Crippen LogP) is 2.56. The van der Waals surface area contributed by atoms with Crippen LogP contribution in [0.5, 0.6) is 0 Å². The highest BCUT2D eigenvalue weighted by atomic mass is 32.1. The standard InChI is InChI=1S/C15H22N2OS/c16-15(8-9-15)13(18)17-11-14(6-2-1-3-7-14)12-5-4-10-19-12/h4-5,10H,1-3,6-9,11,16H2,(H,17,18). The van der Waals surface area contributed by atoms with E-state index in [0.29, 0.717) is 0 Å². The van der Waals surface area contributed by atoms with Gasteiger partial charge >= 0.3 is 0 Å². The van der Waals surface area contributed by atoms with Crippen molar-refractivity contribution in [1.82, 2.24) is 5.32 Å². The monoisotopic (exact) mass is 278 g/mol. The maximum Gasteiger partial charge on any atom is 0.240 e. The summed E-state index contributed by atoms with van der Waals surface area (Å²) in [5.74, 6) is 0.0500. The van der Waals surface area contributed by atoms with Crippen molar-refractivity contribution in [2.75, 3.05) is 6.54 Å². The molecule has 0 aliphatic heterocycles. The molecule has 0 bridgehead atoms. The van der Waals surface area contributed by atoms with Crippen LogP contribution in [0.2, 0.25) is 0 Å². The third kappa shape index (κ3) is 2.56. The lowest BCUT2D eigenvalue weighted by Crippen LogP contribution is -2.48. The Bertz CT molecular complexity index is 445. The van der Waals surface area contributed by atoms with Crippen LogP contribution < -0.4 is 11.1 Å². The van der Waals surface area contributed by atoms with Gasteiger partial charge in [-0.3, -0.25) is 4.79 Å². The second-order valence-electron chi connectivity index (χ2n) is 6.16. The SMILES string of the molecule is NC1(C(=O)NCC2(c3cccs3)CCCCC2)CC1. The summed E-state index contributed by atoms with van der Waals surface area (Å²) in [5.41, 5.74) is 5.57. The fourth-order valence-corrected chi connectivity index (χ4v) is 4.09. The summed E-state index contributed by atoms with van der Waals surface area (Å²) >= 11 is 1.82. The summed E-state index contributed by atoms with van der Waals surface area (Å²) in [4.78, 5) is 13.5. The molecule has 1 amide bonds. The Morgan fingerprint density at radius 2 is 2.00 bits per heavy atom. The van der Waals surface area contributed by atoms with Crippen LogP contribution in [0, 0.1) is 0 Å². The van der Waals surface area contributed by atoms with Gasteiger partial charge in [0.1, 0.15) is 0 Å². The van der Waals surface area contributed by atoms with E-state index < -0.39 is 5.54 Å². The topological polar surface area (TPSA) is 55.1 Å². The van der Waals surface area contributed by atoms with E-state index >= 15 is 0 Å². The molecule has 1 heterocycles. The number of rotatable bonds is 4. The third-order valence-electron chi connectivity index (χ3n) is 4.68. The normalized spacial score (nSPS) is 23.8. The third-order valence-corrected chi connectivity index (χ3v) is 5.80.